The highest BCUT2D eigenvalue weighted by Gasteiger charge is 2.32. The summed E-state index contributed by atoms with van der Waals surface area (Å²) < 4.78 is 4.96. The summed E-state index contributed by atoms with van der Waals surface area (Å²) >= 11 is 0. The Hall–Kier alpha value is -2.61. The Kier molecular flexibility index (Phi) is 4.72. The lowest BCUT2D eigenvalue weighted by molar-refractivity contribution is -0.136. The summed E-state index contributed by atoms with van der Waals surface area (Å²) in [5.74, 6) is 1.14. The maximum absolute atomic E-state index is 12.2. The van der Waals surface area contributed by atoms with E-state index in [1.54, 1.807) is 35.9 Å². The average molecular weight is 314 g/mol. The SMILES string of the molecule is COCC(=O)N1CCCC1c1nccnc1Nc1cnccn1. The van der Waals surface area contributed by atoms with E-state index in [4.69, 9.17) is 4.74 Å². The summed E-state index contributed by atoms with van der Waals surface area (Å²) in [5, 5.41) is 3.12. The van der Waals surface area contributed by atoms with Crippen LogP contribution in [0.3, 0.4) is 0 Å². The Labute approximate surface area is 134 Å². The van der Waals surface area contributed by atoms with Crippen molar-refractivity contribution >= 4 is 17.5 Å². The minimum absolute atomic E-state index is 0.0360. The average Bonchev–Trinajstić information content (AvgIpc) is 3.06. The number of methoxy groups -OCH3 is 1. The van der Waals surface area contributed by atoms with Crippen molar-refractivity contribution in [2.24, 2.45) is 0 Å². The van der Waals surface area contributed by atoms with Gasteiger partial charge in [0.2, 0.25) is 5.91 Å². The minimum Gasteiger partial charge on any atom is -0.375 e. The Morgan fingerprint density at radius 2 is 2.13 bits per heavy atom. The van der Waals surface area contributed by atoms with E-state index in [2.05, 4.69) is 25.3 Å². The first-order chi connectivity index (χ1) is 11.3. The Morgan fingerprint density at radius 3 is 2.91 bits per heavy atom. The van der Waals surface area contributed by atoms with E-state index in [0.717, 1.165) is 18.5 Å². The number of likely N-dealkylation sites (tertiary alicyclic amines) is 1. The van der Waals surface area contributed by atoms with Gasteiger partial charge in [-0.15, -0.1) is 0 Å². The molecule has 0 spiro atoms. The molecule has 0 aliphatic carbocycles. The Balaban J connectivity index is 1.86. The lowest BCUT2D eigenvalue weighted by Crippen LogP contribution is -2.34. The van der Waals surface area contributed by atoms with Gasteiger partial charge in [-0.2, -0.15) is 0 Å². The molecule has 8 heteroatoms. The van der Waals surface area contributed by atoms with Crippen LogP contribution in [0.2, 0.25) is 0 Å². The number of hydrogen-bond acceptors (Lipinski definition) is 7. The van der Waals surface area contributed by atoms with Gasteiger partial charge >= 0.3 is 0 Å². The summed E-state index contributed by atoms with van der Waals surface area (Å²) in [4.78, 5) is 31.0. The van der Waals surface area contributed by atoms with Crippen molar-refractivity contribution in [3.05, 3.63) is 36.7 Å². The maximum Gasteiger partial charge on any atom is 0.249 e. The third-order valence-corrected chi connectivity index (χ3v) is 3.69. The topological polar surface area (TPSA) is 93.1 Å². The molecule has 1 unspecified atom stereocenters. The Morgan fingerprint density at radius 1 is 1.30 bits per heavy atom. The van der Waals surface area contributed by atoms with Crippen molar-refractivity contribution in [2.75, 3.05) is 25.6 Å². The molecule has 1 amide bonds. The molecule has 8 nitrogen and oxygen atoms in total. The number of anilines is 2. The second kappa shape index (κ2) is 7.10. The lowest BCUT2D eigenvalue weighted by atomic mass is 10.1. The lowest BCUT2D eigenvalue weighted by Gasteiger charge is -2.25. The highest BCUT2D eigenvalue weighted by atomic mass is 16.5. The molecule has 1 aliphatic heterocycles. The highest BCUT2D eigenvalue weighted by Crippen LogP contribution is 2.34. The van der Waals surface area contributed by atoms with Crippen molar-refractivity contribution in [3.8, 4) is 0 Å². The molecule has 0 bridgehead atoms. The van der Waals surface area contributed by atoms with Gasteiger partial charge in [0.1, 0.15) is 18.1 Å². The number of carbonyl (C=O) groups excluding carboxylic acids is 1. The first-order valence-electron chi connectivity index (χ1n) is 7.42. The fourth-order valence-electron chi connectivity index (χ4n) is 2.73. The monoisotopic (exact) mass is 314 g/mol. The van der Waals surface area contributed by atoms with Crippen LogP contribution < -0.4 is 5.32 Å². The van der Waals surface area contributed by atoms with Gasteiger partial charge < -0.3 is 15.0 Å². The molecular formula is C15H18N6O2. The third kappa shape index (κ3) is 3.42. The molecule has 1 N–H and O–H groups in total. The van der Waals surface area contributed by atoms with Crippen LogP contribution in [0.15, 0.2) is 31.0 Å². The quantitative estimate of drug-likeness (QED) is 0.889. The van der Waals surface area contributed by atoms with Crippen LogP contribution in [-0.4, -0.2) is 51.0 Å². The van der Waals surface area contributed by atoms with Crippen molar-refractivity contribution < 1.29 is 9.53 Å². The van der Waals surface area contributed by atoms with Gasteiger partial charge in [0.25, 0.3) is 0 Å². The highest BCUT2D eigenvalue weighted by molar-refractivity contribution is 5.78. The number of rotatable bonds is 5. The van der Waals surface area contributed by atoms with Gasteiger partial charge in [0.05, 0.1) is 12.2 Å². The predicted molar refractivity (Wildman–Crippen MR) is 82.9 cm³/mol. The largest absolute Gasteiger partial charge is 0.375 e. The number of hydrogen-bond donors (Lipinski definition) is 1. The van der Waals surface area contributed by atoms with Gasteiger partial charge in [0.15, 0.2) is 5.82 Å². The third-order valence-electron chi connectivity index (χ3n) is 3.69. The summed E-state index contributed by atoms with van der Waals surface area (Å²) in [5.41, 5.74) is 0.736. The summed E-state index contributed by atoms with van der Waals surface area (Å²) in [6.45, 7) is 0.775. The van der Waals surface area contributed by atoms with E-state index in [0.29, 0.717) is 18.2 Å². The molecule has 1 aliphatic rings. The van der Waals surface area contributed by atoms with E-state index in [-0.39, 0.29) is 18.6 Å². The number of amides is 1. The number of carbonyl (C=O) groups is 1. The smallest absolute Gasteiger partial charge is 0.249 e. The van der Waals surface area contributed by atoms with E-state index < -0.39 is 0 Å². The van der Waals surface area contributed by atoms with Crippen LogP contribution in [0, 0.1) is 0 Å². The Bertz CT molecular complexity index is 666. The van der Waals surface area contributed by atoms with Crippen molar-refractivity contribution in [1.82, 2.24) is 24.8 Å². The van der Waals surface area contributed by atoms with E-state index in [1.807, 2.05) is 0 Å². The normalized spacial score (nSPS) is 17.3. The van der Waals surface area contributed by atoms with Gasteiger partial charge in [-0.05, 0) is 12.8 Å². The molecule has 1 saturated heterocycles. The van der Waals surface area contributed by atoms with Gasteiger partial charge in [0, 0.05) is 38.4 Å². The van der Waals surface area contributed by atoms with Crippen molar-refractivity contribution in [1.29, 1.82) is 0 Å². The summed E-state index contributed by atoms with van der Waals surface area (Å²) in [6.07, 6.45) is 9.84. The number of nitrogens with zero attached hydrogens (tertiary/aromatic N) is 5. The van der Waals surface area contributed by atoms with E-state index in [1.165, 1.54) is 7.11 Å². The zero-order valence-corrected chi connectivity index (χ0v) is 12.8. The molecule has 1 fully saturated rings. The van der Waals surface area contributed by atoms with Gasteiger partial charge in [-0.1, -0.05) is 0 Å². The number of ether oxygens (including phenoxy) is 1. The van der Waals surface area contributed by atoms with Crippen LogP contribution in [0.4, 0.5) is 11.6 Å². The van der Waals surface area contributed by atoms with E-state index >= 15 is 0 Å². The summed E-state index contributed by atoms with van der Waals surface area (Å²) in [6, 6.07) is -0.106. The van der Waals surface area contributed by atoms with Crippen LogP contribution in [-0.2, 0) is 9.53 Å². The molecule has 0 saturated carbocycles. The van der Waals surface area contributed by atoms with Crippen LogP contribution in [0.1, 0.15) is 24.6 Å². The predicted octanol–water partition coefficient (Wildman–Crippen LogP) is 1.32. The molecule has 120 valence electrons. The fourth-order valence-corrected chi connectivity index (χ4v) is 2.73. The first-order valence-corrected chi connectivity index (χ1v) is 7.42. The molecule has 2 aromatic heterocycles. The van der Waals surface area contributed by atoms with Crippen LogP contribution in [0.25, 0.3) is 0 Å². The molecule has 3 rings (SSSR count). The zero-order chi connectivity index (χ0) is 16.1. The van der Waals surface area contributed by atoms with Gasteiger partial charge in [-0.25, -0.2) is 9.97 Å². The molecule has 0 radical (unpaired) electrons. The number of aromatic nitrogens is 4. The maximum atomic E-state index is 12.2. The van der Waals surface area contributed by atoms with Gasteiger partial charge in [-0.3, -0.25) is 14.8 Å². The van der Waals surface area contributed by atoms with Crippen molar-refractivity contribution in [2.45, 2.75) is 18.9 Å². The first kappa shape index (κ1) is 15.3. The minimum atomic E-state index is -0.106. The molecule has 2 aromatic rings. The van der Waals surface area contributed by atoms with Crippen molar-refractivity contribution in [3.63, 3.8) is 0 Å². The zero-order valence-electron chi connectivity index (χ0n) is 12.8. The molecule has 3 heterocycles. The van der Waals surface area contributed by atoms with E-state index in [9.17, 15) is 4.79 Å². The second-order valence-electron chi connectivity index (χ2n) is 5.18. The second-order valence-corrected chi connectivity index (χ2v) is 5.18. The van der Waals surface area contributed by atoms with Crippen LogP contribution in [0.5, 0.6) is 0 Å². The number of nitrogens with one attached hydrogen (secondary N) is 1. The molecule has 23 heavy (non-hydrogen) atoms. The van der Waals surface area contributed by atoms with Crippen LogP contribution >= 0.6 is 0 Å². The molecular weight excluding hydrogens is 296 g/mol. The summed E-state index contributed by atoms with van der Waals surface area (Å²) in [7, 11) is 1.52. The molecule has 1 atom stereocenters. The molecule has 0 aromatic carbocycles. The standard InChI is InChI=1S/C15H18N6O2/c1-23-10-13(22)21-8-2-3-11(21)14-15(19-7-6-18-14)20-12-9-16-4-5-17-12/h4-7,9,11H,2-3,8,10H2,1H3,(H,17,19,20). The fraction of sp³-hybridized carbons (Fsp3) is 0.400.